The Balaban J connectivity index is 1.85. The van der Waals surface area contributed by atoms with E-state index in [1.54, 1.807) is 4.90 Å². The van der Waals surface area contributed by atoms with E-state index in [0.717, 1.165) is 16.7 Å². The summed E-state index contributed by atoms with van der Waals surface area (Å²) in [7, 11) is 0. The third kappa shape index (κ3) is 4.90. The van der Waals surface area contributed by atoms with Crippen molar-refractivity contribution in [3.63, 3.8) is 0 Å². The topological polar surface area (TPSA) is 58.6 Å². The Hall–Kier alpha value is -2.66. The number of rotatable bonds is 5. The maximum atomic E-state index is 13.1. The van der Waals surface area contributed by atoms with Gasteiger partial charge in [-0.1, -0.05) is 75.4 Å². The molecule has 1 aliphatic heterocycles. The molecule has 2 aromatic rings. The summed E-state index contributed by atoms with van der Waals surface area (Å²) < 4.78 is 6.09. The summed E-state index contributed by atoms with van der Waals surface area (Å²) in [5, 5.41) is 2.91. The Kier molecular flexibility index (Phi) is 6.61. The van der Waals surface area contributed by atoms with Crippen LogP contribution in [0.4, 0.5) is 0 Å². The van der Waals surface area contributed by atoms with Crippen LogP contribution in [0.1, 0.15) is 33.3 Å². The average molecular weight is 409 g/mol. The van der Waals surface area contributed by atoms with Crippen molar-refractivity contribution in [2.45, 2.75) is 39.7 Å². The van der Waals surface area contributed by atoms with Crippen molar-refractivity contribution in [3.8, 4) is 11.1 Å². The van der Waals surface area contributed by atoms with Crippen LogP contribution in [0.2, 0.25) is 0 Å². The maximum Gasteiger partial charge on any atom is 0.254 e. The number of amides is 2. The molecule has 0 aromatic heterocycles. The van der Waals surface area contributed by atoms with Crippen LogP contribution in [-0.2, 0) is 20.7 Å². The van der Waals surface area contributed by atoms with E-state index in [4.69, 9.17) is 4.74 Å². The monoisotopic (exact) mass is 408 g/mol. The van der Waals surface area contributed by atoms with Gasteiger partial charge >= 0.3 is 0 Å². The van der Waals surface area contributed by atoms with Gasteiger partial charge < -0.3 is 15.0 Å². The van der Waals surface area contributed by atoms with Crippen molar-refractivity contribution >= 4 is 11.8 Å². The number of ether oxygens (including phenoxy) is 1. The molecule has 5 nitrogen and oxygen atoms in total. The number of benzene rings is 2. The summed E-state index contributed by atoms with van der Waals surface area (Å²) in [5.41, 5.74) is 1.70. The maximum absolute atomic E-state index is 13.1. The molecule has 1 unspecified atom stereocenters. The minimum Gasteiger partial charge on any atom is -0.361 e. The van der Waals surface area contributed by atoms with Gasteiger partial charge in [-0.2, -0.15) is 0 Å². The second-order valence-corrected chi connectivity index (χ2v) is 8.92. The van der Waals surface area contributed by atoms with Crippen LogP contribution < -0.4 is 5.32 Å². The lowest BCUT2D eigenvalue weighted by Gasteiger charge is -2.43. The Morgan fingerprint density at radius 1 is 1.03 bits per heavy atom. The molecule has 0 bridgehead atoms. The summed E-state index contributed by atoms with van der Waals surface area (Å²) in [6.07, 6.45) is 0.418. The highest BCUT2D eigenvalue weighted by molar-refractivity contribution is 5.88. The van der Waals surface area contributed by atoms with Crippen molar-refractivity contribution in [3.05, 3.63) is 60.2 Å². The Bertz CT molecular complexity index is 872. The zero-order valence-corrected chi connectivity index (χ0v) is 18.4. The van der Waals surface area contributed by atoms with Crippen molar-refractivity contribution in [1.82, 2.24) is 10.2 Å². The summed E-state index contributed by atoms with van der Waals surface area (Å²) in [6, 6.07) is 18.4. The average Bonchev–Trinajstić information content (AvgIpc) is 2.74. The lowest BCUT2D eigenvalue weighted by Crippen LogP contribution is -2.63. The van der Waals surface area contributed by atoms with E-state index in [0.29, 0.717) is 26.1 Å². The molecule has 0 saturated carbocycles. The van der Waals surface area contributed by atoms with E-state index in [2.05, 4.69) is 29.6 Å². The zero-order valence-electron chi connectivity index (χ0n) is 18.4. The number of carbonyl (C=O) groups excluding carboxylic acids is 2. The van der Waals surface area contributed by atoms with Gasteiger partial charge in [-0.25, -0.2) is 0 Å². The van der Waals surface area contributed by atoms with Gasteiger partial charge in [0.05, 0.1) is 13.2 Å². The molecule has 1 heterocycles. The molecule has 0 spiro atoms. The molecule has 5 heteroatoms. The first-order valence-corrected chi connectivity index (χ1v) is 10.6. The molecule has 160 valence electrons. The number of nitrogens with one attached hydrogen (secondary N) is 1. The first-order valence-electron chi connectivity index (χ1n) is 10.6. The number of hydrogen-bond acceptors (Lipinski definition) is 3. The highest BCUT2D eigenvalue weighted by Gasteiger charge is 2.46. The first kappa shape index (κ1) is 22.0. The smallest absolute Gasteiger partial charge is 0.254 e. The highest BCUT2D eigenvalue weighted by Crippen LogP contribution is 2.28. The van der Waals surface area contributed by atoms with Crippen LogP contribution in [-0.4, -0.2) is 48.6 Å². The largest absolute Gasteiger partial charge is 0.361 e. The van der Waals surface area contributed by atoms with Gasteiger partial charge in [0, 0.05) is 24.9 Å². The summed E-state index contributed by atoms with van der Waals surface area (Å²) in [4.78, 5) is 27.7. The molecule has 1 atom stereocenters. The number of hydrogen-bond donors (Lipinski definition) is 1. The molecule has 3 rings (SSSR count). The van der Waals surface area contributed by atoms with E-state index in [-0.39, 0.29) is 18.4 Å². The molecule has 1 saturated heterocycles. The number of likely N-dealkylation sites (N-methyl/N-ethyl adjacent to an activating group) is 1. The minimum absolute atomic E-state index is 0.0406. The standard InChI is InChI=1S/C25H32N2O3/c1-5-26-22(28)25(18-27(15-16-30-25)23(29)24(2,3)4)17-19-11-13-21(14-12-19)20-9-7-6-8-10-20/h6-14H,5,15-18H2,1-4H3,(H,26,28). The highest BCUT2D eigenvalue weighted by atomic mass is 16.5. The molecule has 30 heavy (non-hydrogen) atoms. The van der Waals surface area contributed by atoms with Crippen LogP contribution in [0.25, 0.3) is 11.1 Å². The number of morpholine rings is 1. The Morgan fingerprint density at radius 2 is 1.67 bits per heavy atom. The molecule has 1 N–H and O–H groups in total. The fraction of sp³-hybridized carbons (Fsp3) is 0.440. The normalized spacial score (nSPS) is 19.4. The molecule has 2 amide bonds. The predicted octanol–water partition coefficient (Wildman–Crippen LogP) is 3.68. The van der Waals surface area contributed by atoms with Crippen LogP contribution in [0, 0.1) is 5.41 Å². The molecule has 0 aliphatic carbocycles. The second-order valence-electron chi connectivity index (χ2n) is 8.92. The quantitative estimate of drug-likeness (QED) is 0.821. The number of nitrogens with zero attached hydrogens (tertiary/aromatic N) is 1. The second kappa shape index (κ2) is 9.00. The summed E-state index contributed by atoms with van der Waals surface area (Å²) >= 11 is 0. The van der Waals surface area contributed by atoms with Crippen molar-refractivity contribution in [1.29, 1.82) is 0 Å². The SMILES string of the molecule is CCNC(=O)C1(Cc2ccc(-c3ccccc3)cc2)CN(C(=O)C(C)(C)C)CCO1. The molecule has 1 aliphatic rings. The fourth-order valence-corrected chi connectivity index (χ4v) is 3.85. The number of carbonyl (C=O) groups is 2. The fourth-order valence-electron chi connectivity index (χ4n) is 3.85. The zero-order chi connectivity index (χ0) is 21.8. The van der Waals surface area contributed by atoms with E-state index < -0.39 is 11.0 Å². The summed E-state index contributed by atoms with van der Waals surface area (Å²) in [6.45, 7) is 9.23. The van der Waals surface area contributed by atoms with Gasteiger partial charge in [0.2, 0.25) is 5.91 Å². The van der Waals surface area contributed by atoms with E-state index in [1.165, 1.54) is 0 Å². The third-order valence-electron chi connectivity index (χ3n) is 5.42. The van der Waals surface area contributed by atoms with Crippen molar-refractivity contribution in [2.75, 3.05) is 26.2 Å². The minimum atomic E-state index is -1.08. The molecular formula is C25H32N2O3. The van der Waals surface area contributed by atoms with Crippen molar-refractivity contribution in [2.24, 2.45) is 5.41 Å². The van der Waals surface area contributed by atoms with E-state index in [9.17, 15) is 9.59 Å². The summed E-state index contributed by atoms with van der Waals surface area (Å²) in [5.74, 6) is -0.123. The Morgan fingerprint density at radius 3 is 2.27 bits per heavy atom. The van der Waals surface area contributed by atoms with Crippen LogP contribution >= 0.6 is 0 Å². The molecular weight excluding hydrogens is 376 g/mol. The van der Waals surface area contributed by atoms with Crippen LogP contribution in [0.15, 0.2) is 54.6 Å². The van der Waals surface area contributed by atoms with Crippen molar-refractivity contribution < 1.29 is 14.3 Å². The predicted molar refractivity (Wildman–Crippen MR) is 119 cm³/mol. The van der Waals surface area contributed by atoms with Gasteiger partial charge in [0.15, 0.2) is 5.60 Å². The Labute approximate surface area is 179 Å². The first-order chi connectivity index (χ1) is 14.2. The van der Waals surface area contributed by atoms with Gasteiger partial charge in [-0.15, -0.1) is 0 Å². The van der Waals surface area contributed by atoms with Gasteiger partial charge in [-0.3, -0.25) is 9.59 Å². The lowest BCUT2D eigenvalue weighted by molar-refractivity contribution is -0.169. The van der Waals surface area contributed by atoms with E-state index >= 15 is 0 Å². The van der Waals surface area contributed by atoms with Gasteiger partial charge in [0.1, 0.15) is 0 Å². The molecule has 2 aromatic carbocycles. The van der Waals surface area contributed by atoms with Crippen LogP contribution in [0.3, 0.4) is 0 Å². The third-order valence-corrected chi connectivity index (χ3v) is 5.42. The van der Waals surface area contributed by atoms with Gasteiger partial charge in [0.25, 0.3) is 5.91 Å². The van der Waals surface area contributed by atoms with Gasteiger partial charge in [-0.05, 0) is 23.6 Å². The van der Waals surface area contributed by atoms with E-state index in [1.807, 2.05) is 58.0 Å². The molecule has 0 radical (unpaired) electrons. The lowest BCUT2D eigenvalue weighted by atomic mass is 9.88. The molecule has 1 fully saturated rings. The van der Waals surface area contributed by atoms with Crippen LogP contribution in [0.5, 0.6) is 0 Å².